The van der Waals surface area contributed by atoms with Crippen LogP contribution in [0.3, 0.4) is 0 Å². The highest BCUT2D eigenvalue weighted by Crippen LogP contribution is 2.29. The second kappa shape index (κ2) is 9.54. The largest absolute Gasteiger partial charge is 0.507 e. The SMILES string of the molecule is C#CCOc1ccc(CCNC(=O)C(C)c2cccc(C)c2O)cc1OC. The van der Waals surface area contributed by atoms with Crippen LogP contribution in [0.1, 0.15) is 29.5 Å². The van der Waals surface area contributed by atoms with E-state index in [0.717, 1.165) is 11.1 Å². The van der Waals surface area contributed by atoms with Gasteiger partial charge in [-0.15, -0.1) is 6.42 Å². The van der Waals surface area contributed by atoms with E-state index in [1.807, 2.05) is 31.2 Å². The molecule has 0 aliphatic heterocycles. The van der Waals surface area contributed by atoms with Crippen LogP contribution in [0.25, 0.3) is 0 Å². The number of hydrogen-bond donors (Lipinski definition) is 2. The van der Waals surface area contributed by atoms with Crippen molar-refractivity contribution < 1.29 is 19.4 Å². The van der Waals surface area contributed by atoms with Crippen molar-refractivity contribution in [3.8, 4) is 29.6 Å². The van der Waals surface area contributed by atoms with Crippen molar-refractivity contribution in [2.24, 2.45) is 0 Å². The summed E-state index contributed by atoms with van der Waals surface area (Å²) in [7, 11) is 1.57. The van der Waals surface area contributed by atoms with Gasteiger partial charge in [0, 0.05) is 12.1 Å². The summed E-state index contributed by atoms with van der Waals surface area (Å²) in [5.41, 5.74) is 2.39. The molecule has 0 fully saturated rings. The number of amides is 1. The van der Waals surface area contributed by atoms with Crippen LogP contribution in [0.5, 0.6) is 17.2 Å². The zero-order chi connectivity index (χ0) is 19.8. The molecule has 2 aromatic carbocycles. The summed E-state index contributed by atoms with van der Waals surface area (Å²) in [6.07, 6.45) is 5.85. The van der Waals surface area contributed by atoms with Crippen molar-refractivity contribution in [3.63, 3.8) is 0 Å². The molecule has 142 valence electrons. The number of para-hydroxylation sites is 1. The molecule has 1 amide bonds. The molecule has 0 aliphatic carbocycles. The Kier molecular flexibility index (Phi) is 7.13. The molecule has 0 bridgehead atoms. The number of carbonyl (C=O) groups excluding carboxylic acids is 1. The zero-order valence-electron chi connectivity index (χ0n) is 15.9. The Morgan fingerprint density at radius 1 is 1.30 bits per heavy atom. The van der Waals surface area contributed by atoms with E-state index in [9.17, 15) is 9.90 Å². The lowest BCUT2D eigenvalue weighted by molar-refractivity contribution is -0.122. The predicted molar refractivity (Wildman–Crippen MR) is 105 cm³/mol. The van der Waals surface area contributed by atoms with Crippen LogP contribution in [0, 0.1) is 19.3 Å². The number of methoxy groups -OCH3 is 1. The first-order chi connectivity index (χ1) is 13.0. The first-order valence-electron chi connectivity index (χ1n) is 8.77. The highest BCUT2D eigenvalue weighted by Gasteiger charge is 2.19. The molecule has 0 aromatic heterocycles. The summed E-state index contributed by atoms with van der Waals surface area (Å²) in [4.78, 5) is 12.4. The van der Waals surface area contributed by atoms with Crippen LogP contribution in [0.2, 0.25) is 0 Å². The Morgan fingerprint density at radius 2 is 2.07 bits per heavy atom. The second-order valence-electron chi connectivity index (χ2n) is 6.25. The Hall–Kier alpha value is -3.13. The molecule has 27 heavy (non-hydrogen) atoms. The van der Waals surface area contributed by atoms with Gasteiger partial charge in [-0.25, -0.2) is 0 Å². The molecule has 0 radical (unpaired) electrons. The Bertz CT molecular complexity index is 839. The number of carbonyl (C=O) groups is 1. The molecular weight excluding hydrogens is 342 g/mol. The van der Waals surface area contributed by atoms with Gasteiger partial charge < -0.3 is 19.9 Å². The third kappa shape index (κ3) is 5.18. The van der Waals surface area contributed by atoms with E-state index in [-0.39, 0.29) is 18.3 Å². The zero-order valence-corrected chi connectivity index (χ0v) is 15.9. The fourth-order valence-electron chi connectivity index (χ4n) is 2.76. The lowest BCUT2D eigenvalue weighted by Gasteiger charge is -2.15. The molecule has 5 nitrogen and oxygen atoms in total. The van der Waals surface area contributed by atoms with Crippen molar-refractivity contribution in [3.05, 3.63) is 53.1 Å². The van der Waals surface area contributed by atoms with Crippen molar-refractivity contribution in [2.45, 2.75) is 26.2 Å². The minimum atomic E-state index is -0.432. The Labute approximate surface area is 160 Å². The average Bonchev–Trinajstić information content (AvgIpc) is 2.68. The topological polar surface area (TPSA) is 67.8 Å². The smallest absolute Gasteiger partial charge is 0.227 e. The van der Waals surface area contributed by atoms with Crippen LogP contribution in [0.15, 0.2) is 36.4 Å². The van der Waals surface area contributed by atoms with Crippen LogP contribution < -0.4 is 14.8 Å². The number of phenolic OH excluding ortho intramolecular Hbond substituents is 1. The predicted octanol–water partition coefficient (Wildman–Crippen LogP) is 3.18. The Balaban J connectivity index is 1.94. The monoisotopic (exact) mass is 367 g/mol. The molecule has 0 heterocycles. The third-order valence-corrected chi connectivity index (χ3v) is 4.38. The molecule has 0 saturated carbocycles. The van der Waals surface area contributed by atoms with Crippen LogP contribution in [0.4, 0.5) is 0 Å². The first-order valence-corrected chi connectivity index (χ1v) is 8.77. The number of nitrogens with one attached hydrogen (secondary N) is 1. The van der Waals surface area contributed by atoms with Gasteiger partial charge in [-0.3, -0.25) is 4.79 Å². The van der Waals surface area contributed by atoms with E-state index in [1.54, 1.807) is 26.2 Å². The van der Waals surface area contributed by atoms with Gasteiger partial charge in [0.2, 0.25) is 5.91 Å². The van der Waals surface area contributed by atoms with Gasteiger partial charge in [-0.05, 0) is 43.5 Å². The van der Waals surface area contributed by atoms with E-state index < -0.39 is 5.92 Å². The third-order valence-electron chi connectivity index (χ3n) is 4.38. The second-order valence-corrected chi connectivity index (χ2v) is 6.25. The average molecular weight is 367 g/mol. The normalized spacial score (nSPS) is 11.3. The maximum Gasteiger partial charge on any atom is 0.227 e. The van der Waals surface area contributed by atoms with Crippen molar-refractivity contribution in [1.29, 1.82) is 0 Å². The maximum absolute atomic E-state index is 12.4. The molecule has 0 saturated heterocycles. The minimum absolute atomic E-state index is 0.128. The fourth-order valence-corrected chi connectivity index (χ4v) is 2.76. The summed E-state index contributed by atoms with van der Waals surface area (Å²) >= 11 is 0. The number of hydrogen-bond acceptors (Lipinski definition) is 4. The maximum atomic E-state index is 12.4. The summed E-state index contributed by atoms with van der Waals surface area (Å²) in [6.45, 7) is 4.25. The number of benzene rings is 2. The molecule has 2 aromatic rings. The number of phenols is 1. The van der Waals surface area contributed by atoms with E-state index in [4.69, 9.17) is 15.9 Å². The van der Waals surface area contributed by atoms with Gasteiger partial charge in [0.05, 0.1) is 13.0 Å². The summed E-state index contributed by atoms with van der Waals surface area (Å²) < 4.78 is 10.7. The number of aryl methyl sites for hydroxylation is 1. The van der Waals surface area contributed by atoms with Crippen LogP contribution in [-0.4, -0.2) is 31.3 Å². The minimum Gasteiger partial charge on any atom is -0.507 e. The lowest BCUT2D eigenvalue weighted by Crippen LogP contribution is -2.29. The molecule has 1 unspecified atom stereocenters. The highest BCUT2D eigenvalue weighted by atomic mass is 16.5. The molecule has 0 spiro atoms. The highest BCUT2D eigenvalue weighted by molar-refractivity contribution is 5.84. The molecular formula is C22H25NO4. The van der Waals surface area contributed by atoms with E-state index in [2.05, 4.69) is 11.2 Å². The lowest BCUT2D eigenvalue weighted by atomic mass is 9.97. The van der Waals surface area contributed by atoms with Gasteiger partial charge in [0.25, 0.3) is 0 Å². The van der Waals surface area contributed by atoms with Gasteiger partial charge in [0.15, 0.2) is 11.5 Å². The van der Waals surface area contributed by atoms with Gasteiger partial charge in [0.1, 0.15) is 12.4 Å². The Morgan fingerprint density at radius 3 is 2.78 bits per heavy atom. The number of rotatable bonds is 8. The van der Waals surface area contributed by atoms with Gasteiger partial charge in [-0.1, -0.05) is 30.2 Å². The van der Waals surface area contributed by atoms with Crippen molar-refractivity contribution in [1.82, 2.24) is 5.32 Å². The summed E-state index contributed by atoms with van der Waals surface area (Å²) in [5.74, 6) is 3.22. The first kappa shape index (κ1) is 20.2. The quantitative estimate of drug-likeness (QED) is 0.703. The molecule has 2 rings (SSSR count). The molecule has 0 aliphatic rings. The number of terminal acetylenes is 1. The fraction of sp³-hybridized carbons (Fsp3) is 0.318. The van der Waals surface area contributed by atoms with Crippen molar-refractivity contribution >= 4 is 5.91 Å². The summed E-state index contributed by atoms with van der Waals surface area (Å²) in [5, 5.41) is 13.1. The molecule has 5 heteroatoms. The number of aromatic hydroxyl groups is 1. The van der Waals surface area contributed by atoms with Crippen molar-refractivity contribution in [2.75, 3.05) is 20.3 Å². The van der Waals surface area contributed by atoms with E-state index >= 15 is 0 Å². The standard InChI is InChI=1S/C22H25NO4/c1-5-13-27-19-10-9-17(14-20(19)26-4)11-12-23-22(25)16(3)18-8-6-7-15(2)21(18)24/h1,6-10,14,16,24H,11-13H2,2-4H3,(H,23,25). The molecule has 1 atom stereocenters. The number of ether oxygens (including phenoxy) is 2. The van der Waals surface area contributed by atoms with Crippen LogP contribution >= 0.6 is 0 Å². The van der Waals surface area contributed by atoms with Crippen LogP contribution in [-0.2, 0) is 11.2 Å². The van der Waals surface area contributed by atoms with Gasteiger partial charge >= 0.3 is 0 Å². The van der Waals surface area contributed by atoms with E-state index in [1.165, 1.54) is 0 Å². The summed E-state index contributed by atoms with van der Waals surface area (Å²) in [6, 6.07) is 11.0. The molecule has 2 N–H and O–H groups in total. The van der Waals surface area contributed by atoms with E-state index in [0.29, 0.717) is 30.0 Å². The van der Waals surface area contributed by atoms with Gasteiger partial charge in [-0.2, -0.15) is 0 Å².